The van der Waals surface area contributed by atoms with Gasteiger partial charge in [0.15, 0.2) is 0 Å². The topological polar surface area (TPSA) is 26.2 Å². The molecule has 3 heterocycles. The van der Waals surface area contributed by atoms with Gasteiger partial charge in [0.05, 0.1) is 31.9 Å². The Kier molecular flexibility index (Phi) is 4.65. The van der Waals surface area contributed by atoms with Gasteiger partial charge in [-0.1, -0.05) is 6.07 Å². The zero-order valence-corrected chi connectivity index (χ0v) is 12.7. The largest absolute Gasteiger partial charge is 0.330 e. The number of piperidine rings is 1. The Bertz CT molecular complexity index is 392. The van der Waals surface area contributed by atoms with Crippen LogP contribution >= 0.6 is 0 Å². The van der Waals surface area contributed by atoms with E-state index < -0.39 is 0 Å². The number of likely N-dealkylation sites (tertiary alicyclic amines) is 1. The van der Waals surface area contributed by atoms with Crippen LogP contribution in [0.25, 0.3) is 0 Å². The fraction of sp³-hybridized carbons (Fsp3) is 0.688. The summed E-state index contributed by atoms with van der Waals surface area (Å²) in [6, 6.07) is 7.19. The first-order valence-electron chi connectivity index (χ1n) is 8.20. The third-order valence-electron chi connectivity index (χ3n) is 5.17. The van der Waals surface area contributed by atoms with E-state index in [4.69, 9.17) is 0 Å². The highest BCUT2D eigenvalue weighted by Gasteiger charge is 2.32. The fourth-order valence-electron chi connectivity index (χ4n) is 3.78. The molecular formula is C16H29N4+3. The summed E-state index contributed by atoms with van der Waals surface area (Å²) in [4.78, 5) is 9.78. The summed E-state index contributed by atoms with van der Waals surface area (Å²) in [5.74, 6) is 0. The first kappa shape index (κ1) is 14.0. The van der Waals surface area contributed by atoms with E-state index in [1.54, 1.807) is 9.80 Å². The summed E-state index contributed by atoms with van der Waals surface area (Å²) in [6.07, 6.45) is 4.71. The Morgan fingerprint density at radius 2 is 1.80 bits per heavy atom. The number of aromatic nitrogens is 1. The van der Waals surface area contributed by atoms with Crippen LogP contribution < -0.4 is 14.7 Å². The van der Waals surface area contributed by atoms with Gasteiger partial charge in [0.2, 0.25) is 0 Å². The fourth-order valence-corrected chi connectivity index (χ4v) is 3.78. The van der Waals surface area contributed by atoms with Gasteiger partial charge in [0, 0.05) is 19.0 Å². The molecule has 20 heavy (non-hydrogen) atoms. The van der Waals surface area contributed by atoms with Gasteiger partial charge in [-0.25, -0.2) is 0 Å². The van der Waals surface area contributed by atoms with Crippen LogP contribution in [0.3, 0.4) is 0 Å². The van der Waals surface area contributed by atoms with Crippen LogP contribution in [0.2, 0.25) is 0 Å². The van der Waals surface area contributed by atoms with Gasteiger partial charge in [-0.05, 0) is 12.1 Å². The van der Waals surface area contributed by atoms with Crippen molar-refractivity contribution in [3.05, 3.63) is 30.1 Å². The maximum absolute atomic E-state index is 4.46. The minimum atomic E-state index is 0.926. The lowest BCUT2D eigenvalue weighted by Crippen LogP contribution is -3.29. The third kappa shape index (κ3) is 3.57. The number of quaternary nitrogens is 3. The number of hydrogen-bond acceptors (Lipinski definition) is 1. The van der Waals surface area contributed by atoms with Crippen molar-refractivity contribution < 1.29 is 14.7 Å². The smallest absolute Gasteiger partial charge is 0.127 e. The van der Waals surface area contributed by atoms with Crippen molar-refractivity contribution in [1.29, 1.82) is 0 Å². The molecule has 0 atom stereocenters. The minimum Gasteiger partial charge on any atom is -0.330 e. The normalized spacial score (nSPS) is 34.9. The number of nitrogens with zero attached hydrogens (tertiary/aromatic N) is 1. The highest BCUT2D eigenvalue weighted by atomic mass is 15.3. The Hall–Kier alpha value is -0.970. The second kappa shape index (κ2) is 6.66. The van der Waals surface area contributed by atoms with Crippen LogP contribution in [-0.2, 0) is 6.54 Å². The second-order valence-electron chi connectivity index (χ2n) is 6.64. The molecular weight excluding hydrogens is 248 g/mol. The van der Waals surface area contributed by atoms with E-state index in [0.29, 0.717) is 0 Å². The Morgan fingerprint density at radius 1 is 1.05 bits per heavy atom. The molecule has 1 aromatic rings. The highest BCUT2D eigenvalue weighted by Crippen LogP contribution is 1.97. The predicted octanol–water partition coefficient (Wildman–Crippen LogP) is -2.96. The summed E-state index contributed by atoms with van der Waals surface area (Å²) < 4.78 is 0. The molecule has 0 amide bonds. The maximum atomic E-state index is 4.46. The molecule has 0 aliphatic carbocycles. The van der Waals surface area contributed by atoms with Crippen molar-refractivity contribution in [3.8, 4) is 0 Å². The van der Waals surface area contributed by atoms with E-state index in [-0.39, 0.29) is 0 Å². The molecule has 0 aromatic carbocycles. The summed E-state index contributed by atoms with van der Waals surface area (Å²) >= 11 is 0. The van der Waals surface area contributed by atoms with Gasteiger partial charge < -0.3 is 14.7 Å². The van der Waals surface area contributed by atoms with Gasteiger partial charge in [-0.15, -0.1) is 0 Å². The number of pyridine rings is 1. The molecule has 2 saturated heterocycles. The molecule has 1 aromatic heterocycles. The van der Waals surface area contributed by atoms with E-state index in [1.165, 1.54) is 57.8 Å². The van der Waals surface area contributed by atoms with Crippen molar-refractivity contribution in [3.63, 3.8) is 0 Å². The van der Waals surface area contributed by atoms with Gasteiger partial charge in [0.25, 0.3) is 0 Å². The molecule has 0 bridgehead atoms. The molecule has 2 fully saturated rings. The Balaban J connectivity index is 1.45. The SMILES string of the molecule is C[NH+]1CC[NH+](C2CC[NH+](Cc3ccccn3)CC2)CC1. The molecule has 3 rings (SSSR count). The summed E-state index contributed by atoms with van der Waals surface area (Å²) in [5.41, 5.74) is 1.25. The molecule has 0 spiro atoms. The number of hydrogen-bond donors (Lipinski definition) is 3. The molecule has 0 radical (unpaired) electrons. The Morgan fingerprint density at radius 3 is 2.45 bits per heavy atom. The van der Waals surface area contributed by atoms with Crippen LogP contribution in [0.5, 0.6) is 0 Å². The van der Waals surface area contributed by atoms with Crippen LogP contribution in [0.4, 0.5) is 0 Å². The van der Waals surface area contributed by atoms with E-state index in [1.807, 2.05) is 17.2 Å². The first-order valence-corrected chi connectivity index (χ1v) is 8.20. The summed E-state index contributed by atoms with van der Waals surface area (Å²) in [5, 5.41) is 0. The molecule has 0 unspecified atom stereocenters. The van der Waals surface area contributed by atoms with Gasteiger partial charge in [-0.3, -0.25) is 4.98 Å². The van der Waals surface area contributed by atoms with Crippen LogP contribution in [0.1, 0.15) is 18.5 Å². The summed E-state index contributed by atoms with van der Waals surface area (Å²) in [7, 11) is 2.33. The average molecular weight is 277 g/mol. The third-order valence-corrected chi connectivity index (χ3v) is 5.17. The van der Waals surface area contributed by atoms with Crippen molar-refractivity contribution in [2.24, 2.45) is 0 Å². The molecule has 2 aliphatic heterocycles. The van der Waals surface area contributed by atoms with Gasteiger partial charge >= 0.3 is 0 Å². The van der Waals surface area contributed by atoms with Crippen LogP contribution in [0.15, 0.2) is 24.4 Å². The van der Waals surface area contributed by atoms with Gasteiger partial charge in [-0.2, -0.15) is 0 Å². The lowest BCUT2D eigenvalue weighted by atomic mass is 10.0. The van der Waals surface area contributed by atoms with E-state index in [2.05, 4.69) is 24.2 Å². The highest BCUT2D eigenvalue weighted by molar-refractivity contribution is 5.01. The van der Waals surface area contributed by atoms with E-state index in [0.717, 1.165) is 12.6 Å². The van der Waals surface area contributed by atoms with Gasteiger partial charge in [0.1, 0.15) is 32.7 Å². The number of nitrogens with one attached hydrogen (secondary N) is 3. The van der Waals surface area contributed by atoms with Crippen molar-refractivity contribution in [2.45, 2.75) is 25.4 Å². The van der Waals surface area contributed by atoms with Crippen LogP contribution in [-0.4, -0.2) is 57.3 Å². The first-order chi connectivity index (χ1) is 9.81. The zero-order valence-electron chi connectivity index (χ0n) is 12.7. The number of likely N-dealkylation sites (N-methyl/N-ethyl adjacent to an activating group) is 1. The molecule has 110 valence electrons. The average Bonchev–Trinajstić information content (AvgIpc) is 2.50. The van der Waals surface area contributed by atoms with Crippen molar-refractivity contribution >= 4 is 0 Å². The predicted molar refractivity (Wildman–Crippen MR) is 79.0 cm³/mol. The molecule has 3 N–H and O–H groups in total. The lowest BCUT2D eigenvalue weighted by Gasteiger charge is -2.36. The monoisotopic (exact) mass is 277 g/mol. The molecule has 4 heteroatoms. The van der Waals surface area contributed by atoms with E-state index in [9.17, 15) is 0 Å². The van der Waals surface area contributed by atoms with Crippen LogP contribution in [0, 0.1) is 0 Å². The van der Waals surface area contributed by atoms with E-state index >= 15 is 0 Å². The van der Waals surface area contributed by atoms with Crippen molar-refractivity contribution in [1.82, 2.24) is 4.98 Å². The number of rotatable bonds is 3. The summed E-state index contributed by atoms with van der Waals surface area (Å²) in [6.45, 7) is 9.24. The molecule has 2 aliphatic rings. The second-order valence-corrected chi connectivity index (χ2v) is 6.64. The molecule has 0 saturated carbocycles. The molecule has 4 nitrogen and oxygen atoms in total. The standard InChI is InChI=1S/C16H26N4/c1-18-10-12-20(13-11-18)16-5-8-19(9-6-16)14-15-4-2-3-7-17-15/h2-4,7,16H,5-6,8-14H2,1H3/p+3. The quantitative estimate of drug-likeness (QED) is 0.541. The lowest BCUT2D eigenvalue weighted by molar-refractivity contribution is -1.02. The Labute approximate surface area is 122 Å². The van der Waals surface area contributed by atoms with Crippen molar-refractivity contribution in [2.75, 3.05) is 46.3 Å². The number of piperazine rings is 1. The maximum Gasteiger partial charge on any atom is 0.127 e. The minimum absolute atomic E-state index is 0.926. The zero-order chi connectivity index (χ0) is 13.8.